The Hall–Kier alpha value is -1.63. The molecule has 1 aromatic carbocycles. The molecule has 0 aromatic heterocycles. The summed E-state index contributed by atoms with van der Waals surface area (Å²) in [5.41, 5.74) is 1.02. The zero-order chi connectivity index (χ0) is 17.9. The van der Waals surface area contributed by atoms with E-state index in [0.29, 0.717) is 25.6 Å². The van der Waals surface area contributed by atoms with Crippen molar-refractivity contribution in [3.8, 4) is 5.75 Å². The van der Waals surface area contributed by atoms with Crippen LogP contribution in [0.5, 0.6) is 5.75 Å². The highest BCUT2D eigenvalue weighted by molar-refractivity contribution is 5.80. The smallest absolute Gasteiger partial charge is 0.252 e. The van der Waals surface area contributed by atoms with Gasteiger partial charge in [0.05, 0.1) is 25.9 Å². The maximum atomic E-state index is 11.6. The van der Waals surface area contributed by atoms with E-state index in [1.165, 1.54) is 0 Å². The number of hydrogen-bond donors (Lipinski definition) is 2. The molecule has 24 heavy (non-hydrogen) atoms. The number of carbonyl (C=O) groups excluding carboxylic acids is 1. The van der Waals surface area contributed by atoms with Gasteiger partial charge in [-0.05, 0) is 45.4 Å². The SMILES string of the molecule is CC(C)NC(=O)[C@@H](O)COc1ccc(COCCOC(C)C)cc1. The number of nitrogens with one attached hydrogen (secondary N) is 1. The zero-order valence-electron chi connectivity index (χ0n) is 15.0. The number of carbonyl (C=O) groups is 1. The maximum Gasteiger partial charge on any atom is 0.252 e. The average Bonchev–Trinajstić information content (AvgIpc) is 2.52. The molecule has 6 heteroatoms. The van der Waals surface area contributed by atoms with Crippen molar-refractivity contribution in [1.82, 2.24) is 5.32 Å². The summed E-state index contributed by atoms with van der Waals surface area (Å²) in [7, 11) is 0. The molecule has 0 fully saturated rings. The number of amides is 1. The minimum Gasteiger partial charge on any atom is -0.490 e. The van der Waals surface area contributed by atoms with E-state index in [1.54, 1.807) is 12.1 Å². The Morgan fingerprint density at radius 1 is 1.12 bits per heavy atom. The van der Waals surface area contributed by atoms with E-state index >= 15 is 0 Å². The number of hydrogen-bond acceptors (Lipinski definition) is 5. The van der Waals surface area contributed by atoms with Gasteiger partial charge in [0.25, 0.3) is 5.91 Å². The number of ether oxygens (including phenoxy) is 3. The van der Waals surface area contributed by atoms with Crippen LogP contribution in [0.2, 0.25) is 0 Å². The topological polar surface area (TPSA) is 77.0 Å². The first-order valence-electron chi connectivity index (χ1n) is 8.28. The van der Waals surface area contributed by atoms with E-state index in [1.807, 2.05) is 39.8 Å². The summed E-state index contributed by atoms with van der Waals surface area (Å²) in [5.74, 6) is 0.164. The Morgan fingerprint density at radius 3 is 2.38 bits per heavy atom. The highest BCUT2D eigenvalue weighted by Crippen LogP contribution is 2.13. The molecule has 1 rings (SSSR count). The van der Waals surface area contributed by atoms with Crippen LogP contribution >= 0.6 is 0 Å². The quantitative estimate of drug-likeness (QED) is 0.602. The molecule has 0 saturated heterocycles. The van der Waals surface area contributed by atoms with Crippen LogP contribution in [0.15, 0.2) is 24.3 Å². The van der Waals surface area contributed by atoms with E-state index in [0.717, 1.165) is 5.56 Å². The van der Waals surface area contributed by atoms with Crippen molar-refractivity contribution in [3.63, 3.8) is 0 Å². The zero-order valence-corrected chi connectivity index (χ0v) is 15.0. The molecule has 0 bridgehead atoms. The lowest BCUT2D eigenvalue weighted by atomic mass is 10.2. The molecule has 1 atom stereocenters. The van der Waals surface area contributed by atoms with E-state index in [-0.39, 0.29) is 18.8 Å². The van der Waals surface area contributed by atoms with Gasteiger partial charge in [-0.1, -0.05) is 12.1 Å². The number of aliphatic hydroxyl groups is 1. The van der Waals surface area contributed by atoms with Crippen LogP contribution in [-0.2, 0) is 20.9 Å². The summed E-state index contributed by atoms with van der Waals surface area (Å²) < 4.78 is 16.3. The summed E-state index contributed by atoms with van der Waals surface area (Å²) in [4.78, 5) is 11.6. The van der Waals surface area contributed by atoms with Gasteiger partial charge in [-0.2, -0.15) is 0 Å². The third-order valence-electron chi connectivity index (χ3n) is 3.01. The molecule has 1 amide bonds. The summed E-state index contributed by atoms with van der Waals surface area (Å²) in [6, 6.07) is 7.34. The van der Waals surface area contributed by atoms with Gasteiger partial charge in [0.2, 0.25) is 0 Å². The van der Waals surface area contributed by atoms with E-state index in [9.17, 15) is 9.90 Å². The molecular formula is C18H29NO5. The minimum atomic E-state index is -1.18. The van der Waals surface area contributed by atoms with Crippen LogP contribution in [0, 0.1) is 0 Å². The molecule has 0 aliphatic heterocycles. The normalized spacial score (nSPS) is 12.5. The van der Waals surface area contributed by atoms with Crippen molar-refractivity contribution < 1.29 is 24.1 Å². The molecule has 0 heterocycles. The van der Waals surface area contributed by atoms with E-state index in [2.05, 4.69) is 5.32 Å². The van der Waals surface area contributed by atoms with Crippen LogP contribution < -0.4 is 10.1 Å². The van der Waals surface area contributed by atoms with Gasteiger partial charge in [0, 0.05) is 6.04 Å². The van der Waals surface area contributed by atoms with Crippen LogP contribution in [-0.4, -0.2) is 49.1 Å². The van der Waals surface area contributed by atoms with Gasteiger partial charge in [-0.3, -0.25) is 4.79 Å². The van der Waals surface area contributed by atoms with Crippen LogP contribution in [0.1, 0.15) is 33.3 Å². The van der Waals surface area contributed by atoms with Crippen molar-refractivity contribution in [2.45, 2.75) is 52.6 Å². The van der Waals surface area contributed by atoms with E-state index in [4.69, 9.17) is 14.2 Å². The third kappa shape index (κ3) is 8.86. The lowest BCUT2D eigenvalue weighted by Crippen LogP contribution is -2.41. The molecule has 0 aliphatic rings. The van der Waals surface area contributed by atoms with Gasteiger partial charge in [0.1, 0.15) is 12.4 Å². The van der Waals surface area contributed by atoms with Crippen LogP contribution in [0.4, 0.5) is 0 Å². The van der Waals surface area contributed by atoms with Gasteiger partial charge in [0.15, 0.2) is 6.10 Å². The molecule has 0 spiro atoms. The van der Waals surface area contributed by atoms with Crippen LogP contribution in [0.3, 0.4) is 0 Å². The highest BCUT2D eigenvalue weighted by atomic mass is 16.5. The van der Waals surface area contributed by atoms with Crippen molar-refractivity contribution >= 4 is 5.91 Å². The minimum absolute atomic E-state index is 0.0163. The Morgan fingerprint density at radius 2 is 1.79 bits per heavy atom. The lowest BCUT2D eigenvalue weighted by Gasteiger charge is -2.14. The summed E-state index contributed by atoms with van der Waals surface area (Å²) in [6.45, 7) is 9.19. The Bertz CT molecular complexity index is 473. The average molecular weight is 339 g/mol. The Kier molecular flexibility index (Phi) is 9.37. The largest absolute Gasteiger partial charge is 0.490 e. The second-order valence-corrected chi connectivity index (χ2v) is 6.11. The molecule has 0 radical (unpaired) electrons. The number of rotatable bonds is 11. The first-order chi connectivity index (χ1) is 11.4. The fourth-order valence-corrected chi connectivity index (χ4v) is 1.85. The van der Waals surface area contributed by atoms with Crippen LogP contribution in [0.25, 0.3) is 0 Å². The monoisotopic (exact) mass is 339 g/mol. The van der Waals surface area contributed by atoms with Gasteiger partial charge in [-0.25, -0.2) is 0 Å². The third-order valence-corrected chi connectivity index (χ3v) is 3.01. The lowest BCUT2D eigenvalue weighted by molar-refractivity contribution is -0.131. The highest BCUT2D eigenvalue weighted by Gasteiger charge is 2.16. The molecule has 0 aliphatic carbocycles. The first kappa shape index (κ1) is 20.4. The van der Waals surface area contributed by atoms with Crippen molar-refractivity contribution in [1.29, 1.82) is 0 Å². The summed E-state index contributed by atoms with van der Waals surface area (Å²) in [6.07, 6.45) is -0.973. The fourth-order valence-electron chi connectivity index (χ4n) is 1.85. The molecular weight excluding hydrogens is 310 g/mol. The molecule has 1 aromatic rings. The molecule has 6 nitrogen and oxygen atoms in total. The predicted molar refractivity (Wildman–Crippen MR) is 92.0 cm³/mol. The standard InChI is InChI=1S/C18H29NO5/c1-13(2)19-18(21)17(20)12-24-16-7-5-15(6-8-16)11-22-9-10-23-14(3)4/h5-8,13-14,17,20H,9-12H2,1-4H3,(H,19,21)/t17-/m0/s1. The molecule has 0 unspecified atom stereocenters. The Balaban J connectivity index is 2.28. The molecule has 0 saturated carbocycles. The Labute approximate surface area is 144 Å². The van der Waals surface area contributed by atoms with Gasteiger partial charge in [-0.15, -0.1) is 0 Å². The summed E-state index contributed by atoms with van der Waals surface area (Å²) in [5, 5.41) is 12.4. The van der Waals surface area contributed by atoms with Gasteiger partial charge >= 0.3 is 0 Å². The van der Waals surface area contributed by atoms with Crippen molar-refractivity contribution in [2.75, 3.05) is 19.8 Å². The first-order valence-corrected chi connectivity index (χ1v) is 8.28. The van der Waals surface area contributed by atoms with Crippen molar-refractivity contribution in [2.24, 2.45) is 0 Å². The second kappa shape index (κ2) is 11.0. The number of aliphatic hydroxyl groups excluding tert-OH is 1. The predicted octanol–water partition coefficient (Wildman–Crippen LogP) is 1.89. The van der Waals surface area contributed by atoms with Gasteiger partial charge < -0.3 is 24.6 Å². The number of benzene rings is 1. The fraction of sp³-hybridized carbons (Fsp3) is 0.611. The second-order valence-electron chi connectivity index (χ2n) is 6.11. The summed E-state index contributed by atoms with van der Waals surface area (Å²) >= 11 is 0. The van der Waals surface area contributed by atoms with Crippen molar-refractivity contribution in [3.05, 3.63) is 29.8 Å². The van der Waals surface area contributed by atoms with E-state index < -0.39 is 12.0 Å². The molecule has 2 N–H and O–H groups in total. The maximum absolute atomic E-state index is 11.6. The molecule has 136 valence electrons.